The van der Waals surface area contributed by atoms with E-state index in [-0.39, 0.29) is 6.07 Å². The van der Waals surface area contributed by atoms with Crippen molar-refractivity contribution in [3.05, 3.63) is 45.7 Å². The normalized spacial score (nSPS) is 11.3. The summed E-state index contributed by atoms with van der Waals surface area (Å²) in [6, 6.07) is 0.122. The zero-order valence-corrected chi connectivity index (χ0v) is 11.5. The lowest BCUT2D eigenvalue weighted by atomic mass is 10.2. The molecule has 0 aliphatic rings. The highest BCUT2D eigenvalue weighted by molar-refractivity contribution is 9.10. The molecule has 0 bridgehead atoms. The maximum Gasteiger partial charge on any atom is 0.186 e. The smallest absolute Gasteiger partial charge is 0.186 e. The average molecular weight is 351 g/mol. The summed E-state index contributed by atoms with van der Waals surface area (Å²) in [5.74, 6) is -6.12. The van der Waals surface area contributed by atoms with Crippen molar-refractivity contribution in [1.82, 2.24) is 9.78 Å². The van der Waals surface area contributed by atoms with Gasteiger partial charge in [-0.15, -0.1) is 0 Å². The second kappa shape index (κ2) is 5.61. The van der Waals surface area contributed by atoms with Crippen LogP contribution in [0.2, 0.25) is 0 Å². The first kappa shape index (κ1) is 14.5. The zero-order chi connectivity index (χ0) is 14.9. The molecule has 0 unspecified atom stereocenters. The van der Waals surface area contributed by atoms with Crippen LogP contribution in [0.4, 0.5) is 23.2 Å². The molecule has 0 radical (unpaired) electrons. The van der Waals surface area contributed by atoms with Crippen LogP contribution in [-0.4, -0.2) is 16.0 Å². The van der Waals surface area contributed by atoms with Gasteiger partial charge in [0.2, 0.25) is 0 Å². The number of aryl methyl sites for hydroxylation is 1. The molecule has 0 fully saturated rings. The molecule has 9 heteroatoms. The molecule has 0 amide bonds. The van der Waals surface area contributed by atoms with Crippen molar-refractivity contribution in [2.75, 3.05) is 5.43 Å². The largest absolute Gasteiger partial charge is 0.272 e. The summed E-state index contributed by atoms with van der Waals surface area (Å²) in [7, 11) is 1.62. The molecule has 0 aliphatic heterocycles. The third-order valence-corrected chi connectivity index (χ3v) is 3.02. The highest BCUT2D eigenvalue weighted by Crippen LogP contribution is 2.24. The number of halogens is 5. The standard InChI is InChI=1S/C11H7BrF4N4/c1-20-8(5(12)3-18-20)4-17-19-11-9(15)6(13)2-7(14)10(11)16/h2-4,19H,1H3/b17-4+. The monoisotopic (exact) mass is 350 g/mol. The average Bonchev–Trinajstić information content (AvgIpc) is 2.71. The molecule has 2 rings (SSSR count). The number of nitrogens with one attached hydrogen (secondary N) is 1. The van der Waals surface area contributed by atoms with E-state index in [1.165, 1.54) is 17.1 Å². The van der Waals surface area contributed by atoms with E-state index in [1.54, 1.807) is 7.05 Å². The maximum atomic E-state index is 13.3. The van der Waals surface area contributed by atoms with Crippen LogP contribution in [0.1, 0.15) is 5.69 Å². The van der Waals surface area contributed by atoms with Crippen LogP contribution in [-0.2, 0) is 7.05 Å². The SMILES string of the molecule is Cn1ncc(Br)c1/C=N/Nc1c(F)c(F)cc(F)c1F. The van der Waals surface area contributed by atoms with E-state index in [0.717, 1.165) is 0 Å². The highest BCUT2D eigenvalue weighted by Gasteiger charge is 2.18. The summed E-state index contributed by atoms with van der Waals surface area (Å²) < 4.78 is 54.6. The van der Waals surface area contributed by atoms with Gasteiger partial charge in [-0.1, -0.05) is 0 Å². The van der Waals surface area contributed by atoms with Crippen LogP contribution >= 0.6 is 15.9 Å². The third kappa shape index (κ3) is 2.67. The van der Waals surface area contributed by atoms with Crippen LogP contribution in [0.5, 0.6) is 0 Å². The van der Waals surface area contributed by atoms with Crippen LogP contribution in [0.15, 0.2) is 21.8 Å². The van der Waals surface area contributed by atoms with Crippen molar-refractivity contribution in [3.8, 4) is 0 Å². The van der Waals surface area contributed by atoms with E-state index in [1.807, 2.05) is 5.43 Å². The molecule has 1 N–H and O–H groups in total. The summed E-state index contributed by atoms with van der Waals surface area (Å²) in [6.07, 6.45) is 2.68. The minimum absolute atomic E-state index is 0.122. The Morgan fingerprint density at radius 3 is 2.35 bits per heavy atom. The molecule has 0 saturated carbocycles. The fourth-order valence-electron chi connectivity index (χ4n) is 1.39. The second-order valence-corrected chi connectivity index (χ2v) is 4.57. The number of hydrogen-bond donors (Lipinski definition) is 1. The molecule has 106 valence electrons. The van der Waals surface area contributed by atoms with Crippen molar-refractivity contribution in [3.63, 3.8) is 0 Å². The molecule has 4 nitrogen and oxygen atoms in total. The van der Waals surface area contributed by atoms with Gasteiger partial charge in [0.15, 0.2) is 23.3 Å². The van der Waals surface area contributed by atoms with Gasteiger partial charge in [0, 0.05) is 13.1 Å². The summed E-state index contributed by atoms with van der Waals surface area (Å²) in [4.78, 5) is 0. The van der Waals surface area contributed by atoms with E-state index in [2.05, 4.69) is 26.1 Å². The van der Waals surface area contributed by atoms with E-state index < -0.39 is 29.0 Å². The van der Waals surface area contributed by atoms with Gasteiger partial charge < -0.3 is 0 Å². The Morgan fingerprint density at radius 1 is 1.25 bits per heavy atom. The lowest BCUT2D eigenvalue weighted by molar-refractivity contribution is 0.458. The zero-order valence-electron chi connectivity index (χ0n) is 9.96. The Morgan fingerprint density at radius 2 is 1.85 bits per heavy atom. The molecule has 0 atom stereocenters. The molecule has 2 aromatic rings. The van der Waals surface area contributed by atoms with E-state index in [9.17, 15) is 17.6 Å². The molecule has 0 spiro atoms. The van der Waals surface area contributed by atoms with Crippen molar-refractivity contribution < 1.29 is 17.6 Å². The fourth-order valence-corrected chi connectivity index (χ4v) is 1.85. The van der Waals surface area contributed by atoms with Gasteiger partial charge in [0.1, 0.15) is 5.69 Å². The van der Waals surface area contributed by atoms with Crippen molar-refractivity contribution in [1.29, 1.82) is 0 Å². The Bertz CT molecular complexity index is 638. The lowest BCUT2D eigenvalue weighted by Gasteiger charge is -2.05. The number of anilines is 1. The van der Waals surface area contributed by atoms with Gasteiger partial charge in [0.25, 0.3) is 0 Å². The number of rotatable bonds is 3. The van der Waals surface area contributed by atoms with Gasteiger partial charge in [-0.25, -0.2) is 17.6 Å². The fraction of sp³-hybridized carbons (Fsp3) is 0.0909. The van der Waals surface area contributed by atoms with Gasteiger partial charge in [-0.05, 0) is 15.9 Å². The Kier molecular flexibility index (Phi) is 4.07. The summed E-state index contributed by atoms with van der Waals surface area (Å²) in [5.41, 5.74) is 1.43. The first-order chi connectivity index (χ1) is 9.41. The van der Waals surface area contributed by atoms with Gasteiger partial charge >= 0.3 is 0 Å². The molecule has 1 aromatic heterocycles. The number of hydrogen-bond acceptors (Lipinski definition) is 3. The Balaban J connectivity index is 2.28. The number of hydrazone groups is 1. The molecular formula is C11H7BrF4N4. The third-order valence-electron chi connectivity index (χ3n) is 2.41. The Hall–Kier alpha value is -1.90. The molecule has 0 saturated heterocycles. The van der Waals surface area contributed by atoms with Gasteiger partial charge in [-0.2, -0.15) is 10.2 Å². The first-order valence-electron chi connectivity index (χ1n) is 5.21. The molecule has 0 aliphatic carbocycles. The molecular weight excluding hydrogens is 344 g/mol. The van der Waals surface area contributed by atoms with Crippen LogP contribution in [0, 0.1) is 23.3 Å². The summed E-state index contributed by atoms with van der Waals surface area (Å²) >= 11 is 3.19. The van der Waals surface area contributed by atoms with E-state index in [4.69, 9.17) is 0 Å². The number of aromatic nitrogens is 2. The van der Waals surface area contributed by atoms with Crippen molar-refractivity contribution in [2.45, 2.75) is 0 Å². The maximum absolute atomic E-state index is 13.3. The van der Waals surface area contributed by atoms with E-state index >= 15 is 0 Å². The topological polar surface area (TPSA) is 42.2 Å². The summed E-state index contributed by atoms with van der Waals surface area (Å²) in [5, 5.41) is 7.42. The van der Waals surface area contributed by atoms with Crippen LogP contribution in [0.3, 0.4) is 0 Å². The summed E-state index contributed by atoms with van der Waals surface area (Å²) in [6.45, 7) is 0. The number of benzene rings is 1. The molecule has 1 aromatic carbocycles. The minimum atomic E-state index is -1.55. The molecule has 20 heavy (non-hydrogen) atoms. The Labute approximate surface area is 119 Å². The van der Waals surface area contributed by atoms with Crippen LogP contribution < -0.4 is 5.43 Å². The molecule has 1 heterocycles. The minimum Gasteiger partial charge on any atom is -0.272 e. The van der Waals surface area contributed by atoms with E-state index in [0.29, 0.717) is 10.2 Å². The van der Waals surface area contributed by atoms with Gasteiger partial charge in [-0.3, -0.25) is 10.1 Å². The second-order valence-electron chi connectivity index (χ2n) is 3.71. The predicted octanol–water partition coefficient (Wildman–Crippen LogP) is 3.19. The van der Waals surface area contributed by atoms with Crippen molar-refractivity contribution >= 4 is 27.8 Å². The number of nitrogens with zero attached hydrogens (tertiary/aromatic N) is 3. The lowest BCUT2D eigenvalue weighted by Crippen LogP contribution is -2.04. The predicted molar refractivity (Wildman–Crippen MR) is 68.4 cm³/mol. The highest BCUT2D eigenvalue weighted by atomic mass is 79.9. The first-order valence-corrected chi connectivity index (χ1v) is 6.00. The van der Waals surface area contributed by atoms with Gasteiger partial charge in [0.05, 0.1) is 22.6 Å². The van der Waals surface area contributed by atoms with Crippen molar-refractivity contribution in [2.24, 2.45) is 12.1 Å². The quantitative estimate of drug-likeness (QED) is 0.400. The van der Waals surface area contributed by atoms with Crippen LogP contribution in [0.25, 0.3) is 0 Å².